The van der Waals surface area contributed by atoms with Gasteiger partial charge in [-0.25, -0.2) is 4.39 Å². The summed E-state index contributed by atoms with van der Waals surface area (Å²) in [6.45, 7) is 5.03. The zero-order chi connectivity index (χ0) is 22.3. The number of rotatable bonds is 5. The van der Waals surface area contributed by atoms with Crippen LogP contribution in [0.3, 0.4) is 0 Å². The number of carbonyl (C=O) groups excluding carboxylic acids is 3. The maximum atomic E-state index is 14.0. The van der Waals surface area contributed by atoms with Gasteiger partial charge in [-0.3, -0.25) is 14.4 Å². The lowest BCUT2D eigenvalue weighted by Crippen LogP contribution is -2.39. The molecule has 1 heterocycles. The highest BCUT2D eigenvalue weighted by Crippen LogP contribution is 2.40. The van der Waals surface area contributed by atoms with Crippen LogP contribution in [0.2, 0.25) is 0 Å². The third-order valence-corrected chi connectivity index (χ3v) is 6.87. The van der Waals surface area contributed by atoms with Crippen molar-refractivity contribution in [2.45, 2.75) is 52.9 Å². The van der Waals surface area contributed by atoms with E-state index in [1.165, 1.54) is 6.07 Å². The monoisotopic (exact) mass is 425 g/mol. The predicted octanol–water partition coefficient (Wildman–Crippen LogP) is 4.66. The Bertz CT molecular complexity index is 1040. The molecule has 164 valence electrons. The molecule has 0 spiro atoms. The van der Waals surface area contributed by atoms with E-state index in [1.54, 1.807) is 26.0 Å². The lowest BCUT2D eigenvalue weighted by Gasteiger charge is -2.36. The Hall–Kier alpha value is -2.76. The van der Waals surface area contributed by atoms with Crippen LogP contribution in [0.15, 0.2) is 24.3 Å². The molecule has 0 N–H and O–H groups in total. The van der Waals surface area contributed by atoms with Crippen LogP contribution >= 0.6 is 0 Å². The Morgan fingerprint density at radius 2 is 1.77 bits per heavy atom. The van der Waals surface area contributed by atoms with Crippen LogP contribution in [0.25, 0.3) is 5.69 Å². The second kappa shape index (κ2) is 8.40. The summed E-state index contributed by atoms with van der Waals surface area (Å²) < 4.78 is 21.2. The van der Waals surface area contributed by atoms with E-state index in [-0.39, 0.29) is 41.9 Å². The first kappa shape index (κ1) is 21.5. The van der Waals surface area contributed by atoms with Gasteiger partial charge in [0.15, 0.2) is 6.61 Å². The quantitative estimate of drug-likeness (QED) is 0.516. The average molecular weight is 426 g/mol. The molecule has 6 heteroatoms. The second-order valence-corrected chi connectivity index (χ2v) is 8.98. The number of Topliss-reactive ketones (excluding diaryl/α,β-unsaturated/α-hetero) is 2. The highest BCUT2D eigenvalue weighted by molar-refractivity contribution is 5.99. The van der Waals surface area contributed by atoms with Crippen molar-refractivity contribution in [1.29, 1.82) is 0 Å². The summed E-state index contributed by atoms with van der Waals surface area (Å²) in [7, 11) is 0. The van der Waals surface area contributed by atoms with Crippen molar-refractivity contribution in [2.75, 3.05) is 6.61 Å². The lowest BCUT2D eigenvalue weighted by molar-refractivity contribution is -0.152. The summed E-state index contributed by atoms with van der Waals surface area (Å²) in [5, 5.41) is 0. The lowest BCUT2D eigenvalue weighted by atomic mass is 9.67. The number of nitrogens with zero attached hydrogens (tertiary/aromatic N) is 1. The molecule has 1 aromatic heterocycles. The first-order valence-electron chi connectivity index (χ1n) is 10.9. The Morgan fingerprint density at radius 3 is 2.42 bits per heavy atom. The van der Waals surface area contributed by atoms with Gasteiger partial charge in [-0.15, -0.1) is 0 Å². The number of ether oxygens (including phenoxy) is 1. The zero-order valence-corrected chi connectivity index (χ0v) is 18.2. The number of hydrogen-bond acceptors (Lipinski definition) is 4. The predicted molar refractivity (Wildman–Crippen MR) is 114 cm³/mol. The Balaban J connectivity index is 1.44. The molecule has 2 fully saturated rings. The van der Waals surface area contributed by atoms with Crippen molar-refractivity contribution in [2.24, 2.45) is 17.8 Å². The summed E-state index contributed by atoms with van der Waals surface area (Å²) >= 11 is 0. The van der Waals surface area contributed by atoms with Crippen molar-refractivity contribution >= 4 is 17.5 Å². The molecule has 2 unspecified atom stereocenters. The molecule has 2 saturated carbocycles. The van der Waals surface area contributed by atoms with E-state index in [4.69, 9.17) is 4.74 Å². The van der Waals surface area contributed by atoms with Crippen LogP contribution in [-0.4, -0.2) is 28.7 Å². The summed E-state index contributed by atoms with van der Waals surface area (Å²) in [5.41, 5.74) is 3.14. The molecular formula is C25H28FNO4. The van der Waals surface area contributed by atoms with Crippen molar-refractivity contribution in [3.05, 3.63) is 52.6 Å². The molecule has 2 bridgehead atoms. The van der Waals surface area contributed by atoms with Crippen molar-refractivity contribution in [3.63, 3.8) is 0 Å². The molecule has 4 rings (SSSR count). The standard InChI is InChI=1S/C25H28FNO4/c1-14-7-8-20(12-22(14)26)27-15(2)9-21(16(27)3)23(28)13-31-25(30)19-10-17-5-4-6-18(11-19)24(17)29/h7-9,12,17-19H,4-6,10-11,13H2,1-3H3. The number of fused-ring (bicyclic) bond motifs is 2. The maximum absolute atomic E-state index is 14.0. The number of hydrogen-bond donors (Lipinski definition) is 0. The van der Waals surface area contributed by atoms with Gasteiger partial charge < -0.3 is 9.30 Å². The smallest absolute Gasteiger partial charge is 0.309 e. The Morgan fingerprint density at radius 1 is 1.10 bits per heavy atom. The Labute approximate surface area is 181 Å². The third kappa shape index (κ3) is 4.08. The molecule has 0 amide bonds. The molecule has 2 aliphatic carbocycles. The van der Waals surface area contributed by atoms with E-state index >= 15 is 0 Å². The van der Waals surface area contributed by atoms with Gasteiger partial charge in [0.1, 0.15) is 11.6 Å². The van der Waals surface area contributed by atoms with Crippen molar-refractivity contribution in [3.8, 4) is 5.69 Å². The van der Waals surface area contributed by atoms with E-state index in [9.17, 15) is 18.8 Å². The van der Waals surface area contributed by atoms with Gasteiger partial charge in [0, 0.05) is 34.5 Å². The van der Waals surface area contributed by atoms with Gasteiger partial charge in [0.05, 0.1) is 5.92 Å². The molecule has 0 saturated heterocycles. The van der Waals surface area contributed by atoms with Crippen LogP contribution in [0.1, 0.15) is 59.4 Å². The third-order valence-electron chi connectivity index (χ3n) is 6.87. The number of esters is 1. The summed E-state index contributed by atoms with van der Waals surface area (Å²) in [5.74, 6) is -1.04. The summed E-state index contributed by atoms with van der Waals surface area (Å²) in [4.78, 5) is 37.6. The fourth-order valence-corrected chi connectivity index (χ4v) is 5.17. The second-order valence-electron chi connectivity index (χ2n) is 8.98. The van der Waals surface area contributed by atoms with E-state index in [0.29, 0.717) is 41.1 Å². The van der Waals surface area contributed by atoms with E-state index in [1.807, 2.05) is 17.6 Å². The summed E-state index contributed by atoms with van der Waals surface area (Å²) in [6, 6.07) is 6.71. The highest BCUT2D eigenvalue weighted by atomic mass is 19.1. The number of aromatic nitrogens is 1. The minimum absolute atomic E-state index is 0.0328. The molecule has 0 aliphatic heterocycles. The van der Waals surface area contributed by atoms with Gasteiger partial charge in [-0.2, -0.15) is 0 Å². The average Bonchev–Trinajstić information content (AvgIpc) is 3.02. The van der Waals surface area contributed by atoms with Crippen molar-refractivity contribution in [1.82, 2.24) is 4.57 Å². The first-order valence-corrected chi connectivity index (χ1v) is 10.9. The van der Waals surface area contributed by atoms with Crippen LogP contribution in [0.5, 0.6) is 0 Å². The fraction of sp³-hybridized carbons (Fsp3) is 0.480. The highest BCUT2D eigenvalue weighted by Gasteiger charge is 2.42. The largest absolute Gasteiger partial charge is 0.457 e. The molecule has 0 radical (unpaired) electrons. The maximum Gasteiger partial charge on any atom is 0.309 e. The van der Waals surface area contributed by atoms with Crippen molar-refractivity contribution < 1.29 is 23.5 Å². The SMILES string of the molecule is Cc1ccc(-n2c(C)cc(C(=O)COC(=O)C3CC4CCCC(C3)C4=O)c2C)cc1F. The van der Waals surface area contributed by atoms with Gasteiger partial charge in [0.25, 0.3) is 0 Å². The molecule has 1 aromatic carbocycles. The number of benzene rings is 1. The number of aryl methyl sites for hydroxylation is 2. The number of carbonyl (C=O) groups is 3. The van der Waals surface area contributed by atoms with E-state index in [2.05, 4.69) is 0 Å². The number of ketones is 2. The summed E-state index contributed by atoms with van der Waals surface area (Å²) in [6.07, 6.45) is 3.82. The van der Waals surface area contributed by atoms with Gasteiger partial charge in [-0.05, 0) is 70.2 Å². The minimum atomic E-state index is -0.382. The number of halogens is 1. The van der Waals surface area contributed by atoms with E-state index in [0.717, 1.165) is 25.0 Å². The zero-order valence-electron chi connectivity index (χ0n) is 18.2. The Kier molecular flexibility index (Phi) is 5.82. The topological polar surface area (TPSA) is 65.4 Å². The minimum Gasteiger partial charge on any atom is -0.457 e. The van der Waals surface area contributed by atoms with Crippen LogP contribution in [0.4, 0.5) is 4.39 Å². The van der Waals surface area contributed by atoms with Gasteiger partial charge in [0.2, 0.25) is 5.78 Å². The molecule has 2 aromatic rings. The molecule has 2 aliphatic rings. The van der Waals surface area contributed by atoms with Gasteiger partial charge in [-0.1, -0.05) is 12.5 Å². The fourth-order valence-electron chi connectivity index (χ4n) is 5.17. The van der Waals surface area contributed by atoms with E-state index < -0.39 is 0 Å². The molecular weight excluding hydrogens is 397 g/mol. The molecule has 31 heavy (non-hydrogen) atoms. The molecule has 2 atom stereocenters. The van der Waals surface area contributed by atoms with Gasteiger partial charge >= 0.3 is 5.97 Å². The molecule has 5 nitrogen and oxygen atoms in total. The van der Waals surface area contributed by atoms with Crippen LogP contribution in [-0.2, 0) is 14.3 Å². The first-order chi connectivity index (χ1) is 14.8. The van der Waals surface area contributed by atoms with Crippen LogP contribution in [0, 0.1) is 44.3 Å². The normalized spacial score (nSPS) is 23.0. The van der Waals surface area contributed by atoms with Crippen LogP contribution < -0.4 is 0 Å².